The Bertz CT molecular complexity index is 2760. The van der Waals surface area contributed by atoms with Crippen LogP contribution < -0.4 is 31.7 Å². The largest absolute Gasteiger partial charge is 0.491 e. The van der Waals surface area contributed by atoms with Crippen LogP contribution in [-0.4, -0.2) is 149 Å². The quantitative estimate of drug-likeness (QED) is 0.104. The first-order chi connectivity index (χ1) is 34.8. The summed E-state index contributed by atoms with van der Waals surface area (Å²) in [7, 11) is 4.95. The van der Waals surface area contributed by atoms with Gasteiger partial charge in [0.25, 0.3) is 5.91 Å². The average molecular weight is 1010 g/mol. The van der Waals surface area contributed by atoms with Crippen molar-refractivity contribution in [3.8, 4) is 23.1 Å². The van der Waals surface area contributed by atoms with Crippen molar-refractivity contribution < 1.29 is 42.6 Å². The molecular formula is C51H66FN13O8. The third kappa shape index (κ3) is 12.2. The molecule has 7 rings (SSSR count). The number of hydrogen-bond donors (Lipinski definition) is 4. The molecular weight excluding hydrogens is 942 g/mol. The summed E-state index contributed by atoms with van der Waals surface area (Å²) < 4.78 is 33.8. The lowest BCUT2D eigenvalue weighted by molar-refractivity contribution is -0.146. The Kier molecular flexibility index (Phi) is 17.0. The maximum Gasteiger partial charge on any atom is 0.254 e. The molecule has 0 aliphatic carbocycles. The highest BCUT2D eigenvalue weighted by atomic mass is 19.1. The third-order valence-corrected chi connectivity index (χ3v) is 13.6. The second kappa shape index (κ2) is 23.1. The number of primary amides is 1. The minimum atomic E-state index is -0.909. The number of anilines is 2. The van der Waals surface area contributed by atoms with Gasteiger partial charge in [-0.1, -0.05) is 26.8 Å². The molecule has 1 saturated heterocycles. The average Bonchev–Trinajstić information content (AvgIpc) is 3.99. The molecule has 22 heteroatoms. The van der Waals surface area contributed by atoms with Gasteiger partial charge in [-0.3, -0.25) is 28.7 Å². The summed E-state index contributed by atoms with van der Waals surface area (Å²) in [5, 5.41) is 20.7. The van der Waals surface area contributed by atoms with Gasteiger partial charge in [0.15, 0.2) is 17.3 Å². The normalized spacial score (nSPS) is 17.2. The van der Waals surface area contributed by atoms with Crippen LogP contribution in [0.15, 0.2) is 42.6 Å². The Morgan fingerprint density at radius 2 is 1.78 bits per heavy atom. The van der Waals surface area contributed by atoms with E-state index in [1.165, 1.54) is 34.2 Å². The van der Waals surface area contributed by atoms with E-state index in [9.17, 15) is 33.6 Å². The number of nitrogens with one attached hydrogen (secondary N) is 2. The van der Waals surface area contributed by atoms with Gasteiger partial charge in [-0.15, -0.1) is 0 Å². The number of nitriles is 1. The second-order valence-electron chi connectivity index (χ2n) is 19.7. The Morgan fingerprint density at radius 3 is 2.49 bits per heavy atom. The number of rotatable bonds is 18. The van der Waals surface area contributed by atoms with Crippen LogP contribution in [0.3, 0.4) is 0 Å². The van der Waals surface area contributed by atoms with Crippen LogP contribution in [-0.2, 0) is 54.7 Å². The number of fused-ring (bicyclic) bond motifs is 9. The Balaban J connectivity index is 0.890. The van der Waals surface area contributed by atoms with E-state index in [2.05, 4.69) is 26.8 Å². The van der Waals surface area contributed by atoms with Crippen LogP contribution in [0, 0.1) is 22.6 Å². The number of nitrogens with zero attached hydrogens (tertiary/aromatic N) is 9. The first-order valence-corrected chi connectivity index (χ1v) is 24.5. The van der Waals surface area contributed by atoms with Gasteiger partial charge in [0.1, 0.15) is 36.3 Å². The first kappa shape index (κ1) is 53.6. The van der Waals surface area contributed by atoms with E-state index in [4.69, 9.17) is 30.7 Å². The summed E-state index contributed by atoms with van der Waals surface area (Å²) in [6.45, 7) is 9.44. The number of amides is 5. The predicted molar refractivity (Wildman–Crippen MR) is 267 cm³/mol. The minimum Gasteiger partial charge on any atom is -0.491 e. The van der Waals surface area contributed by atoms with E-state index in [0.717, 1.165) is 17.5 Å². The molecule has 6 N–H and O–H groups in total. The van der Waals surface area contributed by atoms with Crippen LogP contribution in [0.4, 0.5) is 16.0 Å². The molecule has 3 aliphatic rings. The van der Waals surface area contributed by atoms with Gasteiger partial charge in [-0.2, -0.15) is 10.4 Å². The Hall–Kier alpha value is -7.22. The van der Waals surface area contributed by atoms with Crippen LogP contribution in [0.5, 0.6) is 5.75 Å². The lowest BCUT2D eigenvalue weighted by Crippen LogP contribution is -2.61. The predicted octanol–water partition coefficient (Wildman–Crippen LogP) is 2.70. The molecule has 4 aromatic rings. The molecule has 2 bridgehead atoms. The zero-order valence-corrected chi connectivity index (χ0v) is 42.6. The van der Waals surface area contributed by atoms with E-state index in [1.807, 2.05) is 37.8 Å². The summed E-state index contributed by atoms with van der Waals surface area (Å²) in [4.78, 5) is 82.7. The number of nitrogens with two attached hydrogens (primary N) is 2. The van der Waals surface area contributed by atoms with Gasteiger partial charge in [0.05, 0.1) is 81.2 Å². The molecule has 0 unspecified atom stereocenters. The maximum absolute atomic E-state index is 14.8. The number of aromatic nitrogens is 4. The maximum atomic E-state index is 14.8. The number of nitrogen functional groups attached to an aromatic ring is 1. The van der Waals surface area contributed by atoms with Crippen molar-refractivity contribution in [3.63, 3.8) is 0 Å². The van der Waals surface area contributed by atoms with Gasteiger partial charge < -0.3 is 55.9 Å². The van der Waals surface area contributed by atoms with E-state index >= 15 is 0 Å². The van der Waals surface area contributed by atoms with Crippen LogP contribution >= 0.6 is 0 Å². The lowest BCUT2D eigenvalue weighted by atomic mass is 9.84. The van der Waals surface area contributed by atoms with Crippen molar-refractivity contribution in [3.05, 3.63) is 82.1 Å². The van der Waals surface area contributed by atoms with Gasteiger partial charge in [0, 0.05) is 45.7 Å². The molecule has 390 valence electrons. The molecule has 3 aliphatic heterocycles. The van der Waals surface area contributed by atoms with E-state index in [1.54, 1.807) is 43.7 Å². The number of benzene rings is 2. The fourth-order valence-electron chi connectivity index (χ4n) is 9.37. The van der Waals surface area contributed by atoms with E-state index in [-0.39, 0.29) is 107 Å². The molecule has 73 heavy (non-hydrogen) atoms. The number of halogens is 1. The highest BCUT2D eigenvalue weighted by Gasteiger charge is 2.42. The number of carbonyl (C=O) groups is 5. The number of likely N-dealkylation sites (N-methyl/N-ethyl adjacent to an activating group) is 2. The minimum absolute atomic E-state index is 0.0187. The lowest BCUT2D eigenvalue weighted by Gasteiger charge is -2.40. The van der Waals surface area contributed by atoms with Crippen molar-refractivity contribution >= 4 is 41.2 Å². The topological polar surface area (TPSA) is 269 Å². The molecule has 5 heterocycles. The molecule has 2 aromatic heterocycles. The highest BCUT2D eigenvalue weighted by Crippen LogP contribution is 2.41. The molecule has 0 radical (unpaired) electrons. The fraction of sp³-hybridized carbons (Fsp3) is 0.510. The molecule has 2 aromatic carbocycles. The summed E-state index contributed by atoms with van der Waals surface area (Å²) >= 11 is 0. The number of carbonyl (C=O) groups excluding carboxylic acids is 5. The SMILES string of the molecule is CN[C@@H](C)C(=O)N[C@H](C(=O)N1Cc2cc(OCCOCCOCCC(=O)N(C)CCn3nc(C#N)c4c3CN(C)C(=O)c3ccc(F)cc3[C@H]3CCCN3c3nc-4cnc3N)ccc2C[C@H]1C(N)=O)C(C)(C)C. The molecule has 4 atom stereocenters. The van der Waals surface area contributed by atoms with Crippen LogP contribution in [0.25, 0.3) is 11.3 Å². The summed E-state index contributed by atoms with van der Waals surface area (Å²) in [6.07, 6.45) is 3.20. The van der Waals surface area contributed by atoms with Crippen molar-refractivity contribution in [2.75, 3.05) is 77.9 Å². The molecule has 5 amide bonds. The van der Waals surface area contributed by atoms with Gasteiger partial charge in [-0.25, -0.2) is 14.4 Å². The Morgan fingerprint density at radius 1 is 1.04 bits per heavy atom. The van der Waals surface area contributed by atoms with Crippen molar-refractivity contribution in [2.24, 2.45) is 11.1 Å². The van der Waals surface area contributed by atoms with Crippen molar-refractivity contribution in [1.29, 1.82) is 5.26 Å². The monoisotopic (exact) mass is 1010 g/mol. The van der Waals surface area contributed by atoms with Gasteiger partial charge in [0.2, 0.25) is 23.6 Å². The summed E-state index contributed by atoms with van der Waals surface area (Å²) in [6, 6.07) is 9.10. The fourth-order valence-corrected chi connectivity index (χ4v) is 9.37. The third-order valence-electron chi connectivity index (χ3n) is 13.6. The van der Waals surface area contributed by atoms with Crippen molar-refractivity contribution in [2.45, 2.75) is 97.2 Å². The van der Waals surface area contributed by atoms with Crippen molar-refractivity contribution in [1.82, 2.24) is 45.1 Å². The molecule has 1 fully saturated rings. The van der Waals surface area contributed by atoms with Crippen LogP contribution in [0.2, 0.25) is 0 Å². The summed E-state index contributed by atoms with van der Waals surface area (Å²) in [5.74, 6) is -1.26. The summed E-state index contributed by atoms with van der Waals surface area (Å²) in [5.41, 5.74) is 15.4. The Labute approximate surface area is 424 Å². The van der Waals surface area contributed by atoms with Gasteiger partial charge >= 0.3 is 0 Å². The first-order valence-electron chi connectivity index (χ1n) is 24.5. The number of hydrogen-bond acceptors (Lipinski definition) is 15. The highest BCUT2D eigenvalue weighted by molar-refractivity contribution is 5.96. The van der Waals surface area contributed by atoms with Crippen LogP contribution in [0.1, 0.15) is 91.4 Å². The molecule has 0 saturated carbocycles. The standard InChI is InChI=1S/C51H66FN13O8/c1-30(56-5)48(68)59-44(51(2,3)4)50(70)64-28-32-23-34(12-10-31(32)24-40(64)46(55)67)73-22-21-72-20-19-71-18-14-42(66)61(6)16-17-65-41-29-62(7)49(69)35-13-11-33(52)25-36(35)39-9-8-15-63(39)47-45(54)57-27-38(58-47)43(41)37(26-53)60-65/h10-13,23,25,27,30,39-40,44,56H,8-9,14-22,24,28-29H2,1-7H3,(H2,54,57)(H2,55,67)(H,59,68)/t30-,39+,40-,44+/m0/s1. The zero-order chi connectivity index (χ0) is 52.7. The molecule has 0 spiro atoms. The smallest absolute Gasteiger partial charge is 0.254 e. The second-order valence-corrected chi connectivity index (χ2v) is 19.7. The zero-order valence-electron chi connectivity index (χ0n) is 42.6. The van der Waals surface area contributed by atoms with Gasteiger partial charge in [-0.05, 0) is 79.3 Å². The van der Waals surface area contributed by atoms with E-state index in [0.29, 0.717) is 52.6 Å². The van der Waals surface area contributed by atoms with E-state index < -0.39 is 41.2 Å². The molecule has 21 nitrogen and oxygen atoms in total. The number of ether oxygens (including phenoxy) is 3.